The second-order valence-electron chi connectivity index (χ2n) is 2.91. The quantitative estimate of drug-likeness (QED) is 0.719. The summed E-state index contributed by atoms with van der Waals surface area (Å²) < 4.78 is 24.7. The lowest BCUT2D eigenvalue weighted by Gasteiger charge is -2.03. The Bertz CT molecular complexity index is 416. The normalized spacial score (nSPS) is 10.5. The van der Waals surface area contributed by atoms with E-state index in [1.807, 2.05) is 5.32 Å². The van der Waals surface area contributed by atoms with Gasteiger partial charge < -0.3 is 11.1 Å². The molecule has 16 heavy (non-hydrogen) atoms. The zero-order valence-corrected chi connectivity index (χ0v) is 8.33. The maximum atomic E-state index is 11.8. The van der Waals surface area contributed by atoms with E-state index in [0.717, 1.165) is 4.68 Å². The van der Waals surface area contributed by atoms with Crippen LogP contribution in [-0.2, 0) is 7.05 Å². The summed E-state index contributed by atoms with van der Waals surface area (Å²) >= 11 is 0. The highest BCUT2D eigenvalue weighted by Gasteiger charge is 2.17. The molecule has 0 bridgehead atoms. The lowest BCUT2D eigenvalue weighted by Crippen LogP contribution is -2.30. The molecule has 3 N–H and O–H groups in total. The number of carbonyl (C=O) groups excluding carboxylic acids is 2. The molecular formula is C8H9F2N4O2. The van der Waals surface area contributed by atoms with Crippen LogP contribution in [0.3, 0.4) is 0 Å². The second kappa shape index (κ2) is 4.69. The Labute approximate surface area is 89.4 Å². The van der Waals surface area contributed by atoms with Crippen molar-refractivity contribution in [3.63, 3.8) is 0 Å². The third-order valence-corrected chi connectivity index (χ3v) is 1.68. The van der Waals surface area contributed by atoms with E-state index in [1.54, 1.807) is 0 Å². The minimum Gasteiger partial charge on any atom is -0.364 e. The molecule has 2 amide bonds. The molecule has 1 radical (unpaired) electrons. The van der Waals surface area contributed by atoms with Gasteiger partial charge in [-0.1, -0.05) is 0 Å². The van der Waals surface area contributed by atoms with E-state index in [1.165, 1.54) is 7.05 Å². The van der Waals surface area contributed by atoms with Crippen LogP contribution < -0.4 is 11.1 Å². The first-order chi connectivity index (χ1) is 7.41. The minimum atomic E-state index is -2.65. The largest absolute Gasteiger partial charge is 0.364 e. The molecule has 0 spiro atoms. The second-order valence-corrected chi connectivity index (χ2v) is 2.91. The molecule has 6 nitrogen and oxygen atoms in total. The van der Waals surface area contributed by atoms with Crippen LogP contribution in [0.25, 0.3) is 0 Å². The first-order valence-corrected chi connectivity index (χ1v) is 4.24. The minimum absolute atomic E-state index is 0.130. The molecule has 0 atom stereocenters. The molecule has 0 unspecified atom stereocenters. The highest BCUT2D eigenvalue weighted by atomic mass is 19.3. The molecular weight excluding hydrogens is 222 g/mol. The van der Waals surface area contributed by atoms with Crippen LogP contribution in [0.15, 0.2) is 0 Å². The highest BCUT2D eigenvalue weighted by Crippen LogP contribution is 2.01. The number of nitrogens with zero attached hydrogens (tertiary/aromatic N) is 2. The number of primary amides is 1. The summed E-state index contributed by atoms with van der Waals surface area (Å²) in [6.07, 6.45) is -2.65. The van der Waals surface area contributed by atoms with Gasteiger partial charge in [0.05, 0.1) is 12.6 Å². The van der Waals surface area contributed by atoms with Crippen molar-refractivity contribution in [1.29, 1.82) is 0 Å². The third kappa shape index (κ3) is 2.75. The number of halogens is 2. The first-order valence-electron chi connectivity index (χ1n) is 4.24. The SMILES string of the molecule is Cn1nc(C(N)=O)[c]c1C(=O)NCC(F)F. The number of hydrogen-bond acceptors (Lipinski definition) is 3. The van der Waals surface area contributed by atoms with Gasteiger partial charge in [0.25, 0.3) is 18.2 Å². The predicted octanol–water partition coefficient (Wildman–Crippen LogP) is -0.686. The monoisotopic (exact) mass is 231 g/mol. The number of hydrogen-bond donors (Lipinski definition) is 2. The number of alkyl halides is 2. The maximum Gasteiger partial charge on any atom is 0.270 e. The van der Waals surface area contributed by atoms with Gasteiger partial charge >= 0.3 is 0 Å². The molecule has 0 fully saturated rings. The summed E-state index contributed by atoms with van der Waals surface area (Å²) in [5.74, 6) is -1.63. The van der Waals surface area contributed by atoms with Gasteiger partial charge in [0.2, 0.25) is 0 Å². The summed E-state index contributed by atoms with van der Waals surface area (Å²) in [6.45, 7) is -0.774. The zero-order chi connectivity index (χ0) is 12.3. The van der Waals surface area contributed by atoms with Crippen molar-refractivity contribution in [3.05, 3.63) is 17.5 Å². The number of rotatable bonds is 4. The van der Waals surface area contributed by atoms with Crippen molar-refractivity contribution in [2.24, 2.45) is 12.8 Å². The third-order valence-electron chi connectivity index (χ3n) is 1.68. The molecule has 0 saturated heterocycles. The first kappa shape index (κ1) is 12.1. The Morgan fingerprint density at radius 2 is 2.25 bits per heavy atom. The Balaban J connectivity index is 2.79. The van der Waals surface area contributed by atoms with Crippen molar-refractivity contribution in [1.82, 2.24) is 15.1 Å². The van der Waals surface area contributed by atoms with Crippen molar-refractivity contribution >= 4 is 11.8 Å². The van der Waals surface area contributed by atoms with Crippen molar-refractivity contribution in [3.8, 4) is 0 Å². The standard InChI is InChI=1S/C8H9F2N4O2/c1-14-5(2-4(13-14)7(11)15)8(16)12-3-6(9)10/h6H,3H2,1H3,(H2,11,15)(H,12,16). The molecule has 1 aromatic heterocycles. The van der Waals surface area contributed by atoms with E-state index in [4.69, 9.17) is 5.73 Å². The van der Waals surface area contributed by atoms with Crippen molar-refractivity contribution in [2.45, 2.75) is 6.43 Å². The van der Waals surface area contributed by atoms with Crippen LogP contribution in [0.2, 0.25) is 0 Å². The van der Waals surface area contributed by atoms with Gasteiger partial charge in [-0.25, -0.2) is 8.78 Å². The maximum absolute atomic E-state index is 11.8. The van der Waals surface area contributed by atoms with E-state index in [9.17, 15) is 18.4 Å². The number of aromatic nitrogens is 2. The van der Waals surface area contributed by atoms with E-state index >= 15 is 0 Å². The Morgan fingerprint density at radius 1 is 1.62 bits per heavy atom. The van der Waals surface area contributed by atoms with Crippen LogP contribution in [-0.4, -0.2) is 34.6 Å². The number of nitrogens with two attached hydrogens (primary N) is 1. The number of nitrogens with one attached hydrogen (secondary N) is 1. The van der Waals surface area contributed by atoms with Crippen LogP contribution in [0.4, 0.5) is 8.78 Å². The summed E-state index contributed by atoms with van der Waals surface area (Å²) in [5, 5.41) is 5.55. The van der Waals surface area contributed by atoms with Gasteiger partial charge in [0.1, 0.15) is 5.69 Å². The van der Waals surface area contributed by atoms with Gasteiger partial charge in [0.15, 0.2) is 5.69 Å². The van der Waals surface area contributed by atoms with Crippen LogP contribution >= 0.6 is 0 Å². The topological polar surface area (TPSA) is 90.0 Å². The van der Waals surface area contributed by atoms with Gasteiger partial charge in [-0.2, -0.15) is 5.10 Å². The molecule has 0 aromatic carbocycles. The lowest BCUT2D eigenvalue weighted by atomic mass is 10.3. The smallest absolute Gasteiger partial charge is 0.270 e. The molecule has 1 heterocycles. The average Bonchev–Trinajstić information content (AvgIpc) is 2.57. The summed E-state index contributed by atoms with van der Waals surface area (Å²) in [7, 11) is 1.38. The Kier molecular flexibility index (Phi) is 3.54. The van der Waals surface area contributed by atoms with Crippen LogP contribution in [0.1, 0.15) is 21.0 Å². The molecule has 1 rings (SSSR count). The molecule has 87 valence electrons. The summed E-state index contributed by atoms with van der Waals surface area (Å²) in [4.78, 5) is 22.0. The van der Waals surface area contributed by atoms with Crippen LogP contribution in [0.5, 0.6) is 0 Å². The van der Waals surface area contributed by atoms with E-state index in [-0.39, 0.29) is 11.4 Å². The number of amides is 2. The van der Waals surface area contributed by atoms with E-state index in [2.05, 4.69) is 11.2 Å². The molecule has 0 saturated carbocycles. The average molecular weight is 231 g/mol. The predicted molar refractivity (Wildman–Crippen MR) is 48.9 cm³/mol. The lowest BCUT2D eigenvalue weighted by molar-refractivity contribution is 0.0882. The van der Waals surface area contributed by atoms with Gasteiger partial charge in [-0.3, -0.25) is 14.3 Å². The highest BCUT2D eigenvalue weighted by molar-refractivity contribution is 5.96. The fraction of sp³-hybridized carbons (Fsp3) is 0.375. The molecule has 0 aliphatic heterocycles. The summed E-state index contributed by atoms with van der Waals surface area (Å²) in [5.41, 5.74) is 4.57. The molecule has 8 heteroatoms. The number of aryl methyl sites for hydroxylation is 1. The Morgan fingerprint density at radius 3 is 2.69 bits per heavy atom. The fourth-order valence-electron chi connectivity index (χ4n) is 0.986. The Hall–Kier alpha value is -1.99. The molecule has 1 aromatic rings. The van der Waals surface area contributed by atoms with Crippen molar-refractivity contribution in [2.75, 3.05) is 6.54 Å². The molecule has 0 aliphatic rings. The fourth-order valence-corrected chi connectivity index (χ4v) is 0.986. The summed E-state index contributed by atoms with van der Waals surface area (Å²) in [6, 6.07) is 2.32. The van der Waals surface area contributed by atoms with Gasteiger partial charge in [0, 0.05) is 7.05 Å². The van der Waals surface area contributed by atoms with Crippen LogP contribution in [0, 0.1) is 6.07 Å². The van der Waals surface area contributed by atoms with Gasteiger partial charge in [-0.15, -0.1) is 0 Å². The molecule has 0 aliphatic carbocycles. The van der Waals surface area contributed by atoms with E-state index < -0.39 is 24.8 Å². The van der Waals surface area contributed by atoms with Crippen molar-refractivity contribution < 1.29 is 18.4 Å². The van der Waals surface area contributed by atoms with E-state index in [0.29, 0.717) is 0 Å². The van der Waals surface area contributed by atoms with Gasteiger partial charge in [-0.05, 0) is 0 Å². The zero-order valence-electron chi connectivity index (χ0n) is 8.33. The number of carbonyl (C=O) groups is 2.